The van der Waals surface area contributed by atoms with Crippen molar-refractivity contribution in [1.82, 2.24) is 5.32 Å². The van der Waals surface area contributed by atoms with E-state index in [0.29, 0.717) is 16.8 Å². The Morgan fingerprint density at radius 3 is 2.13 bits per heavy atom. The van der Waals surface area contributed by atoms with Crippen molar-refractivity contribution >= 4 is 29.3 Å². The van der Waals surface area contributed by atoms with Gasteiger partial charge < -0.3 is 10.6 Å². The molecular weight excluding hydrogens is 389 g/mol. The molecule has 0 unspecified atom stereocenters. The second-order valence-electron chi connectivity index (χ2n) is 6.19. The molecule has 0 bridgehead atoms. The molecular formula is C22H16FN3O4. The zero-order valence-corrected chi connectivity index (χ0v) is 15.5. The number of benzene rings is 3. The van der Waals surface area contributed by atoms with Crippen molar-refractivity contribution in [3.05, 3.63) is 112 Å². The van der Waals surface area contributed by atoms with Crippen LogP contribution in [-0.2, 0) is 4.79 Å². The minimum Gasteiger partial charge on any atom is -0.321 e. The third kappa shape index (κ3) is 5.35. The van der Waals surface area contributed by atoms with Crippen molar-refractivity contribution in [1.29, 1.82) is 0 Å². The number of nitrogens with zero attached hydrogens (tertiary/aromatic N) is 1. The van der Waals surface area contributed by atoms with Gasteiger partial charge in [0.05, 0.1) is 4.92 Å². The number of non-ortho nitro benzene ring substituents is 1. The van der Waals surface area contributed by atoms with Crippen molar-refractivity contribution in [2.75, 3.05) is 5.32 Å². The van der Waals surface area contributed by atoms with Crippen molar-refractivity contribution < 1.29 is 18.9 Å². The monoisotopic (exact) mass is 405 g/mol. The lowest BCUT2D eigenvalue weighted by atomic mass is 10.1. The molecule has 0 aromatic heterocycles. The fourth-order valence-electron chi connectivity index (χ4n) is 2.53. The Kier molecular flexibility index (Phi) is 6.29. The smallest absolute Gasteiger partial charge is 0.272 e. The first-order chi connectivity index (χ1) is 14.4. The largest absolute Gasteiger partial charge is 0.321 e. The first-order valence-corrected chi connectivity index (χ1v) is 8.82. The van der Waals surface area contributed by atoms with Crippen LogP contribution < -0.4 is 10.6 Å². The summed E-state index contributed by atoms with van der Waals surface area (Å²) in [6.07, 6.45) is 1.39. The number of hydrogen-bond acceptors (Lipinski definition) is 4. The van der Waals surface area contributed by atoms with Gasteiger partial charge >= 0.3 is 0 Å². The number of carbonyl (C=O) groups excluding carboxylic acids is 2. The zero-order chi connectivity index (χ0) is 21.5. The number of hydrogen-bond donors (Lipinski definition) is 2. The van der Waals surface area contributed by atoms with Gasteiger partial charge in [0.2, 0.25) is 0 Å². The van der Waals surface area contributed by atoms with E-state index >= 15 is 0 Å². The van der Waals surface area contributed by atoms with Gasteiger partial charge in [-0.3, -0.25) is 19.7 Å². The number of halogens is 1. The van der Waals surface area contributed by atoms with Crippen LogP contribution in [0.15, 0.2) is 84.6 Å². The highest BCUT2D eigenvalue weighted by molar-refractivity contribution is 6.10. The van der Waals surface area contributed by atoms with Crippen LogP contribution in [-0.4, -0.2) is 16.7 Å². The molecule has 8 heteroatoms. The third-order valence-corrected chi connectivity index (χ3v) is 4.05. The van der Waals surface area contributed by atoms with E-state index in [1.165, 1.54) is 54.6 Å². The highest BCUT2D eigenvalue weighted by Gasteiger charge is 2.15. The lowest BCUT2D eigenvalue weighted by Crippen LogP contribution is -2.30. The summed E-state index contributed by atoms with van der Waals surface area (Å²) in [6, 6.07) is 19.0. The van der Waals surface area contributed by atoms with Crippen LogP contribution >= 0.6 is 0 Å². The standard InChI is InChI=1S/C22H16FN3O4/c23-17-8-10-18(11-9-17)24-22(28)20(25-21(27)16-4-2-1-3-5-16)14-15-6-12-19(13-7-15)26(29)30/h1-14H,(H,24,28)(H,25,27). The van der Waals surface area contributed by atoms with Crippen LogP contribution in [0.4, 0.5) is 15.8 Å². The second-order valence-corrected chi connectivity index (χ2v) is 6.19. The van der Waals surface area contributed by atoms with Crippen LogP contribution in [0.2, 0.25) is 0 Å². The molecule has 30 heavy (non-hydrogen) atoms. The highest BCUT2D eigenvalue weighted by atomic mass is 19.1. The van der Waals surface area contributed by atoms with Gasteiger partial charge in [-0.2, -0.15) is 0 Å². The van der Waals surface area contributed by atoms with E-state index in [-0.39, 0.29) is 11.4 Å². The number of anilines is 1. The van der Waals surface area contributed by atoms with E-state index in [9.17, 15) is 24.1 Å². The number of nitrogens with one attached hydrogen (secondary N) is 2. The van der Waals surface area contributed by atoms with Gasteiger partial charge in [0, 0.05) is 23.4 Å². The number of nitro benzene ring substituents is 1. The normalized spacial score (nSPS) is 10.9. The molecule has 3 aromatic carbocycles. The molecule has 2 N–H and O–H groups in total. The van der Waals surface area contributed by atoms with Gasteiger partial charge in [-0.1, -0.05) is 18.2 Å². The number of rotatable bonds is 6. The molecule has 0 aliphatic carbocycles. The molecule has 0 saturated carbocycles. The summed E-state index contributed by atoms with van der Waals surface area (Å²) in [4.78, 5) is 35.5. The van der Waals surface area contributed by atoms with Crippen LogP contribution in [0, 0.1) is 15.9 Å². The Balaban J connectivity index is 1.88. The molecule has 0 atom stereocenters. The molecule has 0 heterocycles. The summed E-state index contributed by atoms with van der Waals surface area (Å²) < 4.78 is 13.1. The van der Waals surface area contributed by atoms with Gasteiger partial charge in [-0.25, -0.2) is 4.39 Å². The predicted molar refractivity (Wildman–Crippen MR) is 110 cm³/mol. The highest BCUT2D eigenvalue weighted by Crippen LogP contribution is 2.16. The Labute approximate surface area is 171 Å². The van der Waals surface area contributed by atoms with Gasteiger partial charge in [-0.15, -0.1) is 0 Å². The average Bonchev–Trinajstić information content (AvgIpc) is 2.75. The van der Waals surface area contributed by atoms with E-state index in [1.807, 2.05) is 0 Å². The average molecular weight is 405 g/mol. The van der Waals surface area contributed by atoms with E-state index < -0.39 is 22.6 Å². The van der Waals surface area contributed by atoms with Crippen LogP contribution in [0.25, 0.3) is 6.08 Å². The molecule has 3 rings (SSSR count). The molecule has 0 saturated heterocycles. The molecule has 0 aliphatic heterocycles. The molecule has 3 aromatic rings. The maximum Gasteiger partial charge on any atom is 0.272 e. The van der Waals surface area contributed by atoms with Gasteiger partial charge in [0.15, 0.2) is 0 Å². The Morgan fingerprint density at radius 1 is 0.900 bits per heavy atom. The van der Waals surface area contributed by atoms with E-state index in [0.717, 1.165) is 0 Å². The summed E-state index contributed by atoms with van der Waals surface area (Å²) in [7, 11) is 0. The second kappa shape index (κ2) is 9.24. The first-order valence-electron chi connectivity index (χ1n) is 8.82. The van der Waals surface area contributed by atoms with Crippen molar-refractivity contribution in [3.63, 3.8) is 0 Å². The lowest BCUT2D eigenvalue weighted by molar-refractivity contribution is -0.384. The molecule has 0 aliphatic rings. The number of nitro groups is 1. The minimum atomic E-state index is -0.635. The molecule has 0 spiro atoms. The maximum absolute atomic E-state index is 13.1. The van der Waals surface area contributed by atoms with Crippen LogP contribution in [0.1, 0.15) is 15.9 Å². The van der Waals surface area contributed by atoms with E-state index in [2.05, 4.69) is 10.6 Å². The Hall–Kier alpha value is -4.33. The van der Waals surface area contributed by atoms with E-state index in [1.54, 1.807) is 30.3 Å². The maximum atomic E-state index is 13.1. The Morgan fingerprint density at radius 2 is 1.53 bits per heavy atom. The summed E-state index contributed by atoms with van der Waals surface area (Å²) in [5.41, 5.74) is 0.977. The fourth-order valence-corrected chi connectivity index (χ4v) is 2.53. The quantitative estimate of drug-likeness (QED) is 0.365. The topological polar surface area (TPSA) is 101 Å². The number of carbonyl (C=O) groups is 2. The summed E-state index contributed by atoms with van der Waals surface area (Å²) in [6.45, 7) is 0. The molecule has 150 valence electrons. The van der Waals surface area contributed by atoms with E-state index in [4.69, 9.17) is 0 Å². The van der Waals surface area contributed by atoms with Gasteiger partial charge in [0.25, 0.3) is 17.5 Å². The SMILES string of the molecule is O=C(Nc1ccc(F)cc1)C(=Cc1ccc([N+](=O)[O-])cc1)NC(=O)c1ccccc1. The molecule has 0 fully saturated rings. The first kappa shape index (κ1) is 20.4. The van der Waals surface area contributed by atoms with Crippen molar-refractivity contribution in [2.45, 2.75) is 0 Å². The summed E-state index contributed by atoms with van der Waals surface area (Å²) in [5.74, 6) is -1.59. The third-order valence-electron chi connectivity index (χ3n) is 4.05. The van der Waals surface area contributed by atoms with Gasteiger partial charge in [-0.05, 0) is 60.2 Å². The molecule has 2 amide bonds. The van der Waals surface area contributed by atoms with Crippen LogP contribution in [0.5, 0.6) is 0 Å². The minimum absolute atomic E-state index is 0.0815. The Bertz CT molecular complexity index is 1100. The van der Waals surface area contributed by atoms with Gasteiger partial charge in [0.1, 0.15) is 11.5 Å². The predicted octanol–water partition coefficient (Wildman–Crippen LogP) is 4.14. The zero-order valence-electron chi connectivity index (χ0n) is 15.5. The number of amides is 2. The van der Waals surface area contributed by atoms with Crippen molar-refractivity contribution in [2.24, 2.45) is 0 Å². The lowest BCUT2D eigenvalue weighted by Gasteiger charge is -2.11. The van der Waals surface area contributed by atoms with Crippen LogP contribution in [0.3, 0.4) is 0 Å². The summed E-state index contributed by atoms with van der Waals surface area (Å²) >= 11 is 0. The summed E-state index contributed by atoms with van der Waals surface area (Å²) in [5, 5.41) is 15.9. The van der Waals surface area contributed by atoms with Crippen molar-refractivity contribution in [3.8, 4) is 0 Å². The molecule has 0 radical (unpaired) electrons. The fraction of sp³-hybridized carbons (Fsp3) is 0. The molecule has 7 nitrogen and oxygen atoms in total.